The van der Waals surface area contributed by atoms with Gasteiger partial charge >= 0.3 is 0 Å². The number of carbonyl (C=O) groups excluding carboxylic acids is 2. The second kappa shape index (κ2) is 4.39. The zero-order valence-corrected chi connectivity index (χ0v) is 10.7. The molecule has 18 heavy (non-hydrogen) atoms. The third-order valence-corrected chi connectivity index (χ3v) is 4.14. The Morgan fingerprint density at radius 3 is 2.22 bits per heavy atom. The highest BCUT2D eigenvalue weighted by molar-refractivity contribution is 6.31. The SMILES string of the molecule is O=C1C2CCCCC2C(=O)N1c1cccc(Cl)c1. The van der Waals surface area contributed by atoms with Crippen LogP contribution >= 0.6 is 11.6 Å². The molecule has 2 unspecified atom stereocenters. The topological polar surface area (TPSA) is 37.4 Å². The van der Waals surface area contributed by atoms with E-state index in [1.165, 1.54) is 4.90 Å². The first-order valence-corrected chi connectivity index (χ1v) is 6.69. The van der Waals surface area contributed by atoms with Crippen LogP contribution in [-0.4, -0.2) is 11.8 Å². The number of nitrogens with zero attached hydrogens (tertiary/aromatic N) is 1. The maximum atomic E-state index is 12.3. The quantitative estimate of drug-likeness (QED) is 0.731. The van der Waals surface area contributed by atoms with Crippen LogP contribution < -0.4 is 4.90 Å². The molecule has 0 spiro atoms. The summed E-state index contributed by atoms with van der Waals surface area (Å²) in [5, 5.41) is 0.544. The number of carbonyl (C=O) groups is 2. The van der Waals surface area contributed by atoms with Gasteiger partial charge in [0, 0.05) is 5.02 Å². The van der Waals surface area contributed by atoms with Crippen LogP contribution in [0.1, 0.15) is 25.7 Å². The van der Waals surface area contributed by atoms with Crippen molar-refractivity contribution >= 4 is 29.1 Å². The highest BCUT2D eigenvalue weighted by Crippen LogP contribution is 2.40. The van der Waals surface area contributed by atoms with Gasteiger partial charge < -0.3 is 0 Å². The van der Waals surface area contributed by atoms with Crippen LogP contribution in [0.4, 0.5) is 5.69 Å². The van der Waals surface area contributed by atoms with Gasteiger partial charge in [-0.15, -0.1) is 0 Å². The summed E-state index contributed by atoms with van der Waals surface area (Å²) in [5.74, 6) is -0.311. The van der Waals surface area contributed by atoms with Gasteiger partial charge in [0.05, 0.1) is 17.5 Å². The zero-order valence-electron chi connectivity index (χ0n) is 9.93. The number of imide groups is 1. The fourth-order valence-corrected chi connectivity index (χ4v) is 3.22. The van der Waals surface area contributed by atoms with Gasteiger partial charge in [0.1, 0.15) is 0 Å². The van der Waals surface area contributed by atoms with Crippen molar-refractivity contribution in [1.82, 2.24) is 0 Å². The summed E-state index contributed by atoms with van der Waals surface area (Å²) < 4.78 is 0. The lowest BCUT2D eigenvalue weighted by Gasteiger charge is -2.19. The Bertz CT molecular complexity index is 490. The molecule has 1 heterocycles. The van der Waals surface area contributed by atoms with Gasteiger partial charge in [0.2, 0.25) is 11.8 Å². The van der Waals surface area contributed by atoms with Crippen molar-refractivity contribution in [3.05, 3.63) is 29.3 Å². The molecule has 4 heteroatoms. The molecule has 1 aliphatic heterocycles. The normalized spacial score (nSPS) is 27.5. The molecular formula is C14H14ClNO2. The van der Waals surface area contributed by atoms with E-state index >= 15 is 0 Å². The second-order valence-electron chi connectivity index (χ2n) is 4.99. The minimum Gasteiger partial charge on any atom is -0.274 e. The molecule has 1 aromatic rings. The molecule has 2 fully saturated rings. The van der Waals surface area contributed by atoms with Crippen molar-refractivity contribution in [3.8, 4) is 0 Å². The van der Waals surface area contributed by atoms with Crippen LogP contribution in [0.15, 0.2) is 24.3 Å². The summed E-state index contributed by atoms with van der Waals surface area (Å²) >= 11 is 5.92. The fourth-order valence-electron chi connectivity index (χ4n) is 3.03. The molecule has 3 nitrogen and oxygen atoms in total. The van der Waals surface area contributed by atoms with E-state index in [1.807, 2.05) is 0 Å². The lowest BCUT2D eigenvalue weighted by atomic mass is 9.81. The Kier molecular flexibility index (Phi) is 2.86. The average Bonchev–Trinajstić information content (AvgIpc) is 2.63. The number of hydrogen-bond donors (Lipinski definition) is 0. The Morgan fingerprint density at radius 2 is 1.67 bits per heavy atom. The predicted molar refractivity (Wildman–Crippen MR) is 69.4 cm³/mol. The molecule has 0 bridgehead atoms. The molecule has 3 rings (SSSR count). The number of halogens is 1. The van der Waals surface area contributed by atoms with Crippen molar-refractivity contribution in [2.45, 2.75) is 25.7 Å². The van der Waals surface area contributed by atoms with Gasteiger partial charge in [-0.2, -0.15) is 0 Å². The van der Waals surface area contributed by atoms with E-state index in [-0.39, 0.29) is 23.7 Å². The van der Waals surface area contributed by atoms with Crippen molar-refractivity contribution < 1.29 is 9.59 Å². The Labute approximate surface area is 111 Å². The van der Waals surface area contributed by atoms with E-state index in [1.54, 1.807) is 24.3 Å². The predicted octanol–water partition coefficient (Wildman–Crippen LogP) is 3.02. The van der Waals surface area contributed by atoms with Crippen molar-refractivity contribution in [2.75, 3.05) is 4.90 Å². The number of benzene rings is 1. The Morgan fingerprint density at radius 1 is 1.06 bits per heavy atom. The van der Waals surface area contributed by atoms with E-state index < -0.39 is 0 Å². The highest BCUT2D eigenvalue weighted by atomic mass is 35.5. The first-order valence-electron chi connectivity index (χ1n) is 6.32. The number of fused-ring (bicyclic) bond motifs is 1. The molecule has 1 saturated carbocycles. The molecule has 0 N–H and O–H groups in total. The van der Waals surface area contributed by atoms with Crippen LogP contribution in [0.3, 0.4) is 0 Å². The van der Waals surface area contributed by atoms with Gasteiger partial charge in [-0.1, -0.05) is 30.5 Å². The van der Waals surface area contributed by atoms with Gasteiger partial charge in [0.25, 0.3) is 0 Å². The number of amides is 2. The van der Waals surface area contributed by atoms with Gasteiger partial charge in [-0.05, 0) is 31.0 Å². The van der Waals surface area contributed by atoms with Crippen LogP contribution in [0.25, 0.3) is 0 Å². The molecule has 94 valence electrons. The molecule has 2 aliphatic rings. The average molecular weight is 264 g/mol. The van der Waals surface area contributed by atoms with Gasteiger partial charge in [-0.3, -0.25) is 14.5 Å². The van der Waals surface area contributed by atoms with Crippen LogP contribution in [0.5, 0.6) is 0 Å². The van der Waals surface area contributed by atoms with E-state index in [4.69, 9.17) is 11.6 Å². The van der Waals surface area contributed by atoms with E-state index in [0.717, 1.165) is 25.7 Å². The summed E-state index contributed by atoms with van der Waals surface area (Å²) in [6.07, 6.45) is 3.77. The molecule has 1 aromatic carbocycles. The number of hydrogen-bond acceptors (Lipinski definition) is 2. The molecule has 2 amide bonds. The standard InChI is InChI=1S/C14H14ClNO2/c15-9-4-3-5-10(8-9)16-13(17)11-6-1-2-7-12(11)14(16)18/h3-5,8,11-12H,1-2,6-7H2. The largest absolute Gasteiger partial charge is 0.274 e. The van der Waals surface area contributed by atoms with Crippen LogP contribution in [0.2, 0.25) is 5.02 Å². The van der Waals surface area contributed by atoms with E-state index in [2.05, 4.69) is 0 Å². The van der Waals surface area contributed by atoms with Crippen molar-refractivity contribution in [3.63, 3.8) is 0 Å². The molecule has 1 aliphatic carbocycles. The van der Waals surface area contributed by atoms with E-state index in [9.17, 15) is 9.59 Å². The summed E-state index contributed by atoms with van der Waals surface area (Å²) in [7, 11) is 0. The Hall–Kier alpha value is -1.35. The zero-order chi connectivity index (χ0) is 12.7. The number of rotatable bonds is 1. The second-order valence-corrected chi connectivity index (χ2v) is 5.43. The fraction of sp³-hybridized carbons (Fsp3) is 0.429. The molecule has 1 saturated heterocycles. The first-order chi connectivity index (χ1) is 8.68. The maximum absolute atomic E-state index is 12.3. The lowest BCUT2D eigenvalue weighted by molar-refractivity contribution is -0.122. The molecular weight excluding hydrogens is 250 g/mol. The molecule has 0 radical (unpaired) electrons. The highest BCUT2D eigenvalue weighted by Gasteiger charge is 2.48. The third-order valence-electron chi connectivity index (χ3n) is 3.91. The smallest absolute Gasteiger partial charge is 0.237 e. The molecule has 0 aromatic heterocycles. The molecule has 2 atom stereocenters. The summed E-state index contributed by atoms with van der Waals surface area (Å²) in [6, 6.07) is 6.94. The van der Waals surface area contributed by atoms with E-state index in [0.29, 0.717) is 10.7 Å². The van der Waals surface area contributed by atoms with Gasteiger partial charge in [0.15, 0.2) is 0 Å². The van der Waals surface area contributed by atoms with Crippen LogP contribution in [0, 0.1) is 11.8 Å². The minimum atomic E-state index is -0.106. The summed E-state index contributed by atoms with van der Waals surface area (Å²) in [4.78, 5) is 26.0. The van der Waals surface area contributed by atoms with Crippen LogP contribution in [-0.2, 0) is 9.59 Å². The van der Waals surface area contributed by atoms with Crippen molar-refractivity contribution in [1.29, 1.82) is 0 Å². The lowest BCUT2D eigenvalue weighted by Crippen LogP contribution is -2.30. The van der Waals surface area contributed by atoms with Gasteiger partial charge in [-0.25, -0.2) is 0 Å². The third kappa shape index (κ3) is 1.74. The monoisotopic (exact) mass is 263 g/mol. The summed E-state index contributed by atoms with van der Waals surface area (Å²) in [6.45, 7) is 0. The summed E-state index contributed by atoms with van der Waals surface area (Å²) in [5.41, 5.74) is 0.604. The Balaban J connectivity index is 1.97. The maximum Gasteiger partial charge on any atom is 0.237 e. The first kappa shape index (κ1) is 11.7. The van der Waals surface area contributed by atoms with Crippen molar-refractivity contribution in [2.24, 2.45) is 11.8 Å². The minimum absolute atomic E-state index is 0.0491. The number of anilines is 1.